The Kier molecular flexibility index (Phi) is 5.18. The Morgan fingerprint density at radius 2 is 2.14 bits per heavy atom. The highest BCUT2D eigenvalue weighted by Gasteiger charge is 2.26. The number of rotatable bonds is 5. The van der Waals surface area contributed by atoms with Gasteiger partial charge >= 0.3 is 6.09 Å². The number of pyridine rings is 2. The third-order valence-corrected chi connectivity index (χ3v) is 4.68. The van der Waals surface area contributed by atoms with Crippen molar-refractivity contribution in [2.24, 2.45) is 7.05 Å². The Morgan fingerprint density at radius 3 is 2.93 bits per heavy atom. The third kappa shape index (κ3) is 4.11. The van der Waals surface area contributed by atoms with Crippen LogP contribution >= 0.6 is 0 Å². The minimum Gasteiger partial charge on any atom is -0.444 e. The molecule has 8 nitrogen and oxygen atoms in total. The number of amides is 1. The van der Waals surface area contributed by atoms with E-state index in [9.17, 15) is 4.79 Å². The Bertz CT molecular complexity index is 943. The second-order valence-electron chi connectivity index (χ2n) is 6.72. The molecule has 1 unspecified atom stereocenters. The first-order valence-corrected chi connectivity index (χ1v) is 9.22. The SMILES string of the molecule is Cn1cc(-c2ncccc2CNC(=O)OC2CCN(c3ccccn3)C2)cn1. The van der Waals surface area contributed by atoms with Crippen molar-refractivity contribution >= 4 is 11.9 Å². The maximum atomic E-state index is 12.3. The van der Waals surface area contributed by atoms with Crippen molar-refractivity contribution < 1.29 is 9.53 Å². The monoisotopic (exact) mass is 378 g/mol. The van der Waals surface area contributed by atoms with Gasteiger partial charge in [-0.3, -0.25) is 9.67 Å². The van der Waals surface area contributed by atoms with E-state index < -0.39 is 6.09 Å². The van der Waals surface area contributed by atoms with E-state index in [0.717, 1.165) is 35.6 Å². The van der Waals surface area contributed by atoms with Crippen LogP contribution in [0, 0.1) is 0 Å². The summed E-state index contributed by atoms with van der Waals surface area (Å²) in [6.45, 7) is 1.81. The smallest absolute Gasteiger partial charge is 0.407 e. The topological polar surface area (TPSA) is 85.2 Å². The normalized spacial score (nSPS) is 16.2. The first-order chi connectivity index (χ1) is 13.7. The Balaban J connectivity index is 1.32. The molecular formula is C20H22N6O2. The molecule has 3 aromatic rings. The summed E-state index contributed by atoms with van der Waals surface area (Å²) in [6, 6.07) is 9.60. The molecule has 0 saturated carbocycles. The van der Waals surface area contributed by atoms with Crippen LogP contribution in [0.3, 0.4) is 0 Å². The predicted octanol–water partition coefficient (Wildman–Crippen LogP) is 2.38. The first-order valence-electron chi connectivity index (χ1n) is 9.22. The number of carbonyl (C=O) groups excluding carboxylic acids is 1. The molecule has 144 valence electrons. The molecule has 8 heteroatoms. The standard InChI is InChI=1S/C20H22N6O2/c1-25-13-16(12-24-25)19-15(5-4-9-22-19)11-23-20(27)28-17-7-10-26(14-17)18-6-2-3-8-21-18/h2-6,8-9,12-13,17H,7,10-11,14H2,1H3,(H,23,27). The molecule has 0 aromatic carbocycles. The highest BCUT2D eigenvalue weighted by Crippen LogP contribution is 2.21. The van der Waals surface area contributed by atoms with Gasteiger partial charge in [0.25, 0.3) is 0 Å². The molecule has 1 aliphatic heterocycles. The van der Waals surface area contributed by atoms with E-state index in [2.05, 4.69) is 25.3 Å². The van der Waals surface area contributed by atoms with Gasteiger partial charge in [-0.1, -0.05) is 12.1 Å². The van der Waals surface area contributed by atoms with Crippen LogP contribution in [0.15, 0.2) is 55.1 Å². The number of hydrogen-bond acceptors (Lipinski definition) is 6. The van der Waals surface area contributed by atoms with Gasteiger partial charge in [0.15, 0.2) is 0 Å². The predicted molar refractivity (Wildman–Crippen MR) is 105 cm³/mol. The van der Waals surface area contributed by atoms with Gasteiger partial charge in [-0.25, -0.2) is 9.78 Å². The summed E-state index contributed by atoms with van der Waals surface area (Å²) in [6.07, 6.45) is 7.38. The maximum Gasteiger partial charge on any atom is 0.407 e. The van der Waals surface area contributed by atoms with E-state index in [-0.39, 0.29) is 6.10 Å². The van der Waals surface area contributed by atoms with Gasteiger partial charge in [-0.2, -0.15) is 5.10 Å². The third-order valence-electron chi connectivity index (χ3n) is 4.68. The number of hydrogen-bond donors (Lipinski definition) is 1. The zero-order chi connectivity index (χ0) is 19.3. The lowest BCUT2D eigenvalue weighted by Crippen LogP contribution is -2.31. The molecule has 4 heterocycles. The number of aryl methyl sites for hydroxylation is 1. The highest BCUT2D eigenvalue weighted by molar-refractivity contribution is 5.68. The van der Waals surface area contributed by atoms with Crippen LogP contribution in [0.5, 0.6) is 0 Å². The highest BCUT2D eigenvalue weighted by atomic mass is 16.6. The van der Waals surface area contributed by atoms with Gasteiger partial charge in [0.1, 0.15) is 11.9 Å². The molecule has 1 aliphatic rings. The van der Waals surface area contributed by atoms with Crippen LogP contribution in [0.1, 0.15) is 12.0 Å². The molecule has 1 amide bonds. The average Bonchev–Trinajstić information content (AvgIpc) is 3.36. The Labute approximate surface area is 163 Å². The minimum atomic E-state index is -0.422. The van der Waals surface area contributed by atoms with E-state index in [1.54, 1.807) is 23.3 Å². The van der Waals surface area contributed by atoms with Crippen LogP contribution in [-0.4, -0.2) is 45.0 Å². The lowest BCUT2D eigenvalue weighted by atomic mass is 10.1. The van der Waals surface area contributed by atoms with Crippen molar-refractivity contribution in [1.82, 2.24) is 25.1 Å². The van der Waals surface area contributed by atoms with E-state index in [0.29, 0.717) is 13.1 Å². The van der Waals surface area contributed by atoms with Crippen molar-refractivity contribution in [2.45, 2.75) is 19.1 Å². The number of alkyl carbamates (subject to hydrolysis) is 1. The van der Waals surface area contributed by atoms with E-state index >= 15 is 0 Å². The summed E-state index contributed by atoms with van der Waals surface area (Å²) in [5.74, 6) is 0.908. The molecule has 0 radical (unpaired) electrons. The molecule has 4 rings (SSSR count). The fraction of sp³-hybridized carbons (Fsp3) is 0.300. The summed E-state index contributed by atoms with van der Waals surface area (Å²) in [4.78, 5) is 23.2. The molecule has 0 bridgehead atoms. The van der Waals surface area contributed by atoms with Gasteiger partial charge in [-0.15, -0.1) is 0 Å². The second-order valence-corrected chi connectivity index (χ2v) is 6.72. The van der Waals surface area contributed by atoms with Crippen LogP contribution in [-0.2, 0) is 18.3 Å². The number of nitrogens with zero attached hydrogens (tertiary/aromatic N) is 5. The van der Waals surface area contributed by atoms with E-state index in [1.807, 2.05) is 43.6 Å². The summed E-state index contributed by atoms with van der Waals surface area (Å²) >= 11 is 0. The van der Waals surface area contributed by atoms with Gasteiger partial charge in [0.05, 0.1) is 18.4 Å². The summed E-state index contributed by atoms with van der Waals surface area (Å²) in [5.41, 5.74) is 2.63. The quantitative estimate of drug-likeness (QED) is 0.734. The van der Waals surface area contributed by atoms with Crippen LogP contribution < -0.4 is 10.2 Å². The molecule has 0 spiro atoms. The molecule has 28 heavy (non-hydrogen) atoms. The fourth-order valence-corrected chi connectivity index (χ4v) is 3.32. The average molecular weight is 378 g/mol. The number of ether oxygens (including phenoxy) is 1. The van der Waals surface area contributed by atoms with E-state index in [4.69, 9.17) is 4.74 Å². The largest absolute Gasteiger partial charge is 0.444 e. The van der Waals surface area contributed by atoms with Crippen molar-refractivity contribution in [2.75, 3.05) is 18.0 Å². The zero-order valence-electron chi connectivity index (χ0n) is 15.7. The molecule has 0 aliphatic carbocycles. The zero-order valence-corrected chi connectivity index (χ0v) is 15.7. The molecule has 1 N–H and O–H groups in total. The van der Waals surface area contributed by atoms with Crippen LogP contribution in [0.4, 0.5) is 10.6 Å². The van der Waals surface area contributed by atoms with Crippen molar-refractivity contribution in [3.63, 3.8) is 0 Å². The van der Waals surface area contributed by atoms with E-state index in [1.165, 1.54) is 0 Å². The summed E-state index contributed by atoms with van der Waals surface area (Å²) in [7, 11) is 1.86. The molecule has 3 aromatic heterocycles. The second kappa shape index (κ2) is 8.08. The number of aromatic nitrogens is 4. The Hall–Kier alpha value is -3.42. The molecular weight excluding hydrogens is 356 g/mol. The number of carbonyl (C=O) groups is 1. The van der Waals surface area contributed by atoms with Gasteiger partial charge in [0.2, 0.25) is 0 Å². The van der Waals surface area contributed by atoms with Gasteiger partial charge in [-0.05, 0) is 23.8 Å². The van der Waals surface area contributed by atoms with Crippen LogP contribution in [0.2, 0.25) is 0 Å². The van der Waals surface area contributed by atoms with Gasteiger partial charge in [0, 0.05) is 50.7 Å². The number of nitrogens with one attached hydrogen (secondary N) is 1. The number of anilines is 1. The first kappa shape index (κ1) is 18.0. The molecule has 1 saturated heterocycles. The molecule has 1 fully saturated rings. The Morgan fingerprint density at radius 1 is 1.25 bits per heavy atom. The van der Waals surface area contributed by atoms with Crippen molar-refractivity contribution in [1.29, 1.82) is 0 Å². The summed E-state index contributed by atoms with van der Waals surface area (Å²) in [5, 5.41) is 7.02. The van der Waals surface area contributed by atoms with Crippen molar-refractivity contribution in [3.8, 4) is 11.3 Å². The van der Waals surface area contributed by atoms with Crippen LogP contribution in [0.25, 0.3) is 11.3 Å². The summed E-state index contributed by atoms with van der Waals surface area (Å²) < 4.78 is 7.30. The minimum absolute atomic E-state index is 0.145. The fourth-order valence-electron chi connectivity index (χ4n) is 3.32. The van der Waals surface area contributed by atoms with Crippen molar-refractivity contribution in [3.05, 3.63) is 60.7 Å². The molecule has 1 atom stereocenters. The lowest BCUT2D eigenvalue weighted by molar-refractivity contribution is 0.108. The lowest BCUT2D eigenvalue weighted by Gasteiger charge is -2.17. The maximum absolute atomic E-state index is 12.3. The van der Waals surface area contributed by atoms with Gasteiger partial charge < -0.3 is 15.0 Å².